The molecule has 0 radical (unpaired) electrons. The Morgan fingerprint density at radius 2 is 1.81 bits per heavy atom. The lowest BCUT2D eigenvalue weighted by Gasteiger charge is -2.34. The number of fused-ring (bicyclic) bond motifs is 2. The summed E-state index contributed by atoms with van der Waals surface area (Å²) >= 11 is 12.9. The highest BCUT2D eigenvalue weighted by Gasteiger charge is 2.51. The Morgan fingerprint density at radius 3 is 2.49 bits per heavy atom. The number of nitrogens with zero attached hydrogens (tertiary/aromatic N) is 2. The lowest BCUT2D eigenvalue weighted by atomic mass is 9.80. The topological polar surface area (TPSA) is 61.9 Å². The molecule has 3 aliphatic rings. The van der Waals surface area contributed by atoms with Gasteiger partial charge in [-0.25, -0.2) is 9.18 Å². The highest BCUT2D eigenvalue weighted by molar-refractivity contribution is 6.42. The molecule has 6 nitrogen and oxygen atoms in total. The molecule has 2 aromatic carbocycles. The fraction of sp³-hybridized carbons (Fsp3) is 0.500. The molecule has 37 heavy (non-hydrogen) atoms. The molecule has 2 aliphatic heterocycles. The molecule has 0 aromatic heterocycles. The van der Waals surface area contributed by atoms with E-state index in [2.05, 4.69) is 5.32 Å². The quantitative estimate of drug-likeness (QED) is 0.426. The minimum Gasteiger partial charge on any atom is -0.444 e. The molecule has 2 fully saturated rings. The molecule has 9 heteroatoms. The molecule has 2 heterocycles. The SMILES string of the molecule is CN1C(=O)C2(CCCC2)c2ccc(NC3(c4c(F)ccc(Cl)c4Cl)CCN(C(=O)OC(C)(C)C)C3)cc21. The molecule has 2 amide bonds. The largest absolute Gasteiger partial charge is 0.444 e. The van der Waals surface area contributed by atoms with Gasteiger partial charge in [0, 0.05) is 30.5 Å². The van der Waals surface area contributed by atoms with E-state index in [-0.39, 0.29) is 28.1 Å². The Bertz CT molecular complexity index is 1270. The third-order valence-corrected chi connectivity index (χ3v) is 8.68. The Balaban J connectivity index is 1.54. The number of carbonyl (C=O) groups is 2. The zero-order valence-electron chi connectivity index (χ0n) is 21.6. The molecule has 2 aromatic rings. The number of carbonyl (C=O) groups excluding carboxylic acids is 2. The summed E-state index contributed by atoms with van der Waals surface area (Å²) in [5.41, 5.74) is 0.659. The molecule has 5 rings (SSSR count). The zero-order valence-corrected chi connectivity index (χ0v) is 23.1. The van der Waals surface area contributed by atoms with Crippen molar-refractivity contribution in [2.24, 2.45) is 0 Å². The maximum absolute atomic E-state index is 15.4. The van der Waals surface area contributed by atoms with E-state index in [0.29, 0.717) is 18.7 Å². The summed E-state index contributed by atoms with van der Waals surface area (Å²) in [6.45, 7) is 5.89. The fourth-order valence-electron chi connectivity index (χ4n) is 6.20. The van der Waals surface area contributed by atoms with Crippen LogP contribution >= 0.6 is 23.2 Å². The van der Waals surface area contributed by atoms with Crippen molar-refractivity contribution in [1.29, 1.82) is 0 Å². The third-order valence-electron chi connectivity index (χ3n) is 7.87. The summed E-state index contributed by atoms with van der Waals surface area (Å²) in [5, 5.41) is 3.84. The standard InChI is InChI=1S/C28H32Cl2FN3O3/c1-26(2,3)37-25(36)34-14-13-28(16-34,22-20(31)10-9-19(29)23(22)30)32-17-7-8-18-21(15-17)33(4)24(35)27(18)11-5-6-12-27/h7-10,15,32H,5-6,11-14,16H2,1-4H3. The van der Waals surface area contributed by atoms with E-state index in [1.54, 1.807) is 37.6 Å². The number of benzene rings is 2. The lowest BCUT2D eigenvalue weighted by molar-refractivity contribution is -0.122. The Labute approximate surface area is 227 Å². The summed E-state index contributed by atoms with van der Waals surface area (Å²) in [6.07, 6.45) is 3.70. The molecule has 198 valence electrons. The maximum Gasteiger partial charge on any atom is 0.410 e. The number of hydrogen-bond donors (Lipinski definition) is 1. The van der Waals surface area contributed by atoms with E-state index in [0.717, 1.165) is 36.9 Å². The number of likely N-dealkylation sites (N-methyl/N-ethyl adjacent to an activating group) is 1. The average Bonchev–Trinajstić information content (AvgIpc) is 3.52. The summed E-state index contributed by atoms with van der Waals surface area (Å²) < 4.78 is 21.0. The van der Waals surface area contributed by atoms with Crippen LogP contribution in [0.3, 0.4) is 0 Å². The second kappa shape index (κ2) is 9.05. The van der Waals surface area contributed by atoms with Crippen molar-refractivity contribution in [3.63, 3.8) is 0 Å². The van der Waals surface area contributed by atoms with Crippen LogP contribution in [0.5, 0.6) is 0 Å². The smallest absolute Gasteiger partial charge is 0.410 e. The summed E-state index contributed by atoms with van der Waals surface area (Å²) in [5.74, 6) is -0.376. The first-order chi connectivity index (χ1) is 17.4. The van der Waals surface area contributed by atoms with Crippen LogP contribution in [0.4, 0.5) is 20.6 Å². The van der Waals surface area contributed by atoms with Crippen LogP contribution in [-0.4, -0.2) is 42.6 Å². The van der Waals surface area contributed by atoms with E-state index >= 15 is 4.39 Å². The van der Waals surface area contributed by atoms with Crippen molar-refractivity contribution in [2.45, 2.75) is 69.4 Å². The molecule has 1 aliphatic carbocycles. The van der Waals surface area contributed by atoms with Gasteiger partial charge < -0.3 is 19.9 Å². The van der Waals surface area contributed by atoms with Gasteiger partial charge in [-0.3, -0.25) is 4.79 Å². The van der Waals surface area contributed by atoms with Crippen LogP contribution in [0.15, 0.2) is 30.3 Å². The van der Waals surface area contributed by atoms with Gasteiger partial charge >= 0.3 is 6.09 Å². The zero-order chi connectivity index (χ0) is 26.8. The first-order valence-electron chi connectivity index (χ1n) is 12.7. The average molecular weight is 548 g/mol. The molecular weight excluding hydrogens is 516 g/mol. The molecule has 1 saturated heterocycles. The monoisotopic (exact) mass is 547 g/mol. The Kier molecular flexibility index (Phi) is 6.39. The molecule has 1 saturated carbocycles. The number of halogens is 3. The van der Waals surface area contributed by atoms with Crippen LogP contribution in [0.25, 0.3) is 0 Å². The highest BCUT2D eigenvalue weighted by atomic mass is 35.5. The minimum atomic E-state index is -1.05. The first-order valence-corrected chi connectivity index (χ1v) is 13.5. The minimum absolute atomic E-state index is 0.110. The van der Waals surface area contributed by atoms with Crippen molar-refractivity contribution < 1.29 is 18.7 Å². The van der Waals surface area contributed by atoms with E-state index in [9.17, 15) is 9.59 Å². The van der Waals surface area contributed by atoms with Crippen molar-refractivity contribution in [3.8, 4) is 0 Å². The molecular formula is C28H32Cl2FN3O3. The second-order valence-electron chi connectivity index (χ2n) is 11.5. The van der Waals surface area contributed by atoms with Crippen molar-refractivity contribution in [3.05, 3.63) is 57.3 Å². The molecule has 1 spiro atoms. The summed E-state index contributed by atoms with van der Waals surface area (Å²) in [6, 6.07) is 8.60. The van der Waals surface area contributed by atoms with Gasteiger partial charge in [0.05, 0.1) is 27.5 Å². The van der Waals surface area contributed by atoms with Crippen molar-refractivity contribution in [1.82, 2.24) is 4.90 Å². The Morgan fingerprint density at radius 1 is 1.11 bits per heavy atom. The number of anilines is 2. The number of nitrogens with one attached hydrogen (secondary N) is 1. The van der Waals surface area contributed by atoms with Crippen molar-refractivity contribution in [2.75, 3.05) is 30.4 Å². The van der Waals surface area contributed by atoms with Crippen LogP contribution in [0.1, 0.15) is 64.0 Å². The van der Waals surface area contributed by atoms with Gasteiger partial charge in [0.1, 0.15) is 11.4 Å². The third kappa shape index (κ3) is 4.34. The first kappa shape index (κ1) is 26.1. The second-order valence-corrected chi connectivity index (χ2v) is 12.2. The van der Waals surface area contributed by atoms with E-state index in [4.69, 9.17) is 27.9 Å². The number of amides is 2. The van der Waals surface area contributed by atoms with Crippen LogP contribution in [0, 0.1) is 5.82 Å². The summed E-state index contributed by atoms with van der Waals surface area (Å²) in [7, 11) is 1.81. The van der Waals surface area contributed by atoms with Gasteiger partial charge in [-0.05, 0) is 69.9 Å². The maximum atomic E-state index is 15.4. The molecule has 1 N–H and O–H groups in total. The number of ether oxygens (including phenoxy) is 1. The summed E-state index contributed by atoms with van der Waals surface area (Å²) in [4.78, 5) is 29.5. The van der Waals surface area contributed by atoms with E-state index < -0.39 is 28.5 Å². The van der Waals surface area contributed by atoms with Gasteiger partial charge in [-0.2, -0.15) is 0 Å². The molecule has 1 unspecified atom stereocenters. The van der Waals surface area contributed by atoms with Gasteiger partial charge in [-0.15, -0.1) is 0 Å². The van der Waals surface area contributed by atoms with Gasteiger partial charge in [-0.1, -0.05) is 42.1 Å². The van der Waals surface area contributed by atoms with E-state index in [1.807, 2.05) is 18.2 Å². The van der Waals surface area contributed by atoms with E-state index in [1.165, 1.54) is 12.1 Å². The predicted molar refractivity (Wildman–Crippen MR) is 144 cm³/mol. The van der Waals surface area contributed by atoms with Gasteiger partial charge in [0.2, 0.25) is 5.91 Å². The van der Waals surface area contributed by atoms with Gasteiger partial charge in [0.15, 0.2) is 0 Å². The Hall–Kier alpha value is -2.51. The fourth-order valence-corrected chi connectivity index (χ4v) is 6.69. The predicted octanol–water partition coefficient (Wildman–Crippen LogP) is 6.87. The lowest BCUT2D eigenvalue weighted by Crippen LogP contribution is -2.42. The number of likely N-dealkylation sites (tertiary alicyclic amines) is 1. The normalized spacial score (nSPS) is 22.6. The molecule has 1 atom stereocenters. The van der Waals surface area contributed by atoms with Crippen LogP contribution in [-0.2, 0) is 20.5 Å². The highest BCUT2D eigenvalue weighted by Crippen LogP contribution is 2.52. The molecule has 0 bridgehead atoms. The number of hydrogen-bond acceptors (Lipinski definition) is 4. The van der Waals surface area contributed by atoms with Crippen LogP contribution in [0.2, 0.25) is 10.0 Å². The van der Waals surface area contributed by atoms with Crippen LogP contribution < -0.4 is 10.2 Å². The van der Waals surface area contributed by atoms with Crippen molar-refractivity contribution >= 4 is 46.6 Å². The number of rotatable bonds is 3. The van der Waals surface area contributed by atoms with Gasteiger partial charge in [0.25, 0.3) is 0 Å².